The smallest absolute Gasteiger partial charge is 0.242 e. The lowest BCUT2D eigenvalue weighted by Gasteiger charge is -2.28. The Morgan fingerprint density at radius 1 is 1.08 bits per heavy atom. The fraction of sp³-hybridized carbons (Fsp3) is 0.263. The van der Waals surface area contributed by atoms with Crippen molar-refractivity contribution in [2.24, 2.45) is 0 Å². The Morgan fingerprint density at radius 2 is 1.64 bits per heavy atom. The topological polar surface area (TPSA) is 49.4 Å². The molecule has 25 heavy (non-hydrogen) atoms. The lowest BCUT2D eigenvalue weighted by atomic mass is 10.1. The summed E-state index contributed by atoms with van der Waals surface area (Å²) in [6, 6.07) is 12.2. The van der Waals surface area contributed by atoms with E-state index in [1.165, 1.54) is 24.1 Å². The van der Waals surface area contributed by atoms with E-state index < -0.39 is 6.04 Å². The van der Waals surface area contributed by atoms with Crippen molar-refractivity contribution in [2.45, 2.75) is 25.9 Å². The van der Waals surface area contributed by atoms with E-state index in [0.29, 0.717) is 10.6 Å². The molecule has 0 aliphatic rings. The minimum atomic E-state index is -0.631. The molecule has 0 heterocycles. The summed E-state index contributed by atoms with van der Waals surface area (Å²) in [5.74, 6) is -0.813. The maximum atomic E-state index is 13.0. The predicted molar refractivity (Wildman–Crippen MR) is 95.6 cm³/mol. The van der Waals surface area contributed by atoms with Gasteiger partial charge in [0.15, 0.2) is 0 Å². The Bertz CT molecular complexity index is 732. The number of rotatable bonds is 6. The van der Waals surface area contributed by atoms with Crippen LogP contribution >= 0.6 is 11.6 Å². The van der Waals surface area contributed by atoms with Gasteiger partial charge in [-0.05, 0) is 42.3 Å². The number of hydrogen-bond donors (Lipinski definition) is 1. The number of likely N-dealkylation sites (N-methyl/N-ethyl adjacent to an activating group) is 1. The van der Waals surface area contributed by atoms with Gasteiger partial charge < -0.3 is 10.2 Å². The molecule has 0 spiro atoms. The van der Waals surface area contributed by atoms with Crippen LogP contribution in [0, 0.1) is 5.82 Å². The summed E-state index contributed by atoms with van der Waals surface area (Å²) < 4.78 is 13.0. The van der Waals surface area contributed by atoms with E-state index in [2.05, 4.69) is 5.32 Å². The van der Waals surface area contributed by atoms with Gasteiger partial charge in [-0.15, -0.1) is 0 Å². The van der Waals surface area contributed by atoms with Crippen molar-refractivity contribution in [2.75, 3.05) is 7.05 Å². The van der Waals surface area contributed by atoms with Crippen LogP contribution in [0.1, 0.15) is 18.1 Å². The summed E-state index contributed by atoms with van der Waals surface area (Å²) in [6.45, 7) is 1.96. The highest BCUT2D eigenvalue weighted by molar-refractivity contribution is 6.30. The summed E-state index contributed by atoms with van der Waals surface area (Å²) in [5, 5.41) is 3.17. The van der Waals surface area contributed by atoms with Gasteiger partial charge in [0.1, 0.15) is 11.9 Å². The van der Waals surface area contributed by atoms with Crippen LogP contribution in [0.25, 0.3) is 0 Å². The predicted octanol–water partition coefficient (Wildman–Crippen LogP) is 3.18. The molecule has 0 aliphatic carbocycles. The van der Waals surface area contributed by atoms with Crippen molar-refractivity contribution in [3.63, 3.8) is 0 Å². The molecule has 0 aliphatic heterocycles. The normalized spacial score (nSPS) is 11.7. The quantitative estimate of drug-likeness (QED) is 0.858. The molecule has 4 nitrogen and oxygen atoms in total. The third-order valence-electron chi connectivity index (χ3n) is 3.95. The lowest BCUT2D eigenvalue weighted by Crippen LogP contribution is -2.47. The number of benzene rings is 2. The molecule has 0 fully saturated rings. The van der Waals surface area contributed by atoms with Gasteiger partial charge in [-0.1, -0.05) is 35.9 Å². The molecule has 2 aromatic rings. The van der Waals surface area contributed by atoms with Crippen molar-refractivity contribution in [3.05, 3.63) is 70.5 Å². The summed E-state index contributed by atoms with van der Waals surface area (Å²) in [5.41, 5.74) is 1.56. The number of nitrogens with one attached hydrogen (secondary N) is 1. The average Bonchev–Trinajstić information content (AvgIpc) is 2.61. The second kappa shape index (κ2) is 8.62. The first kappa shape index (κ1) is 18.9. The van der Waals surface area contributed by atoms with Crippen LogP contribution in [0.15, 0.2) is 48.5 Å². The number of halogens is 2. The summed E-state index contributed by atoms with van der Waals surface area (Å²) in [4.78, 5) is 26.3. The van der Waals surface area contributed by atoms with E-state index in [4.69, 9.17) is 11.6 Å². The Labute approximate surface area is 151 Å². The molecule has 2 amide bonds. The monoisotopic (exact) mass is 362 g/mol. The molecule has 0 saturated carbocycles. The van der Waals surface area contributed by atoms with Crippen molar-refractivity contribution in [3.8, 4) is 0 Å². The zero-order valence-electron chi connectivity index (χ0n) is 14.1. The minimum Gasteiger partial charge on any atom is -0.357 e. The van der Waals surface area contributed by atoms with Crippen LogP contribution < -0.4 is 5.32 Å². The van der Waals surface area contributed by atoms with E-state index in [0.717, 1.165) is 5.56 Å². The second-order valence-corrected chi connectivity index (χ2v) is 6.18. The molecule has 2 rings (SSSR count). The third-order valence-corrected chi connectivity index (χ3v) is 4.20. The number of carbonyl (C=O) groups excluding carboxylic acids is 2. The number of hydrogen-bond acceptors (Lipinski definition) is 2. The highest BCUT2D eigenvalue weighted by atomic mass is 35.5. The molecule has 1 atom stereocenters. The molecule has 132 valence electrons. The summed E-state index contributed by atoms with van der Waals surface area (Å²) >= 11 is 5.89. The van der Waals surface area contributed by atoms with Crippen molar-refractivity contribution in [1.82, 2.24) is 10.2 Å². The van der Waals surface area contributed by atoms with Crippen molar-refractivity contribution >= 4 is 23.4 Å². The maximum Gasteiger partial charge on any atom is 0.242 e. The average molecular weight is 363 g/mol. The van der Waals surface area contributed by atoms with Gasteiger partial charge in [0, 0.05) is 18.6 Å². The Balaban J connectivity index is 2.20. The molecular formula is C19H20ClFN2O2. The first-order valence-electron chi connectivity index (χ1n) is 7.90. The molecule has 0 bridgehead atoms. The van der Waals surface area contributed by atoms with E-state index in [1.807, 2.05) is 12.1 Å². The third kappa shape index (κ3) is 5.29. The molecule has 1 N–H and O–H groups in total. The van der Waals surface area contributed by atoms with Gasteiger partial charge in [0.05, 0.1) is 6.42 Å². The second-order valence-electron chi connectivity index (χ2n) is 5.74. The van der Waals surface area contributed by atoms with E-state index in [1.54, 1.807) is 31.2 Å². The highest BCUT2D eigenvalue weighted by Gasteiger charge is 2.25. The Morgan fingerprint density at radius 3 is 2.20 bits per heavy atom. The van der Waals surface area contributed by atoms with Crippen LogP contribution in [0.4, 0.5) is 4.39 Å². The fourth-order valence-corrected chi connectivity index (χ4v) is 2.58. The van der Waals surface area contributed by atoms with Crippen LogP contribution in [-0.4, -0.2) is 29.8 Å². The van der Waals surface area contributed by atoms with E-state index in [9.17, 15) is 14.0 Å². The van der Waals surface area contributed by atoms with Gasteiger partial charge in [0.25, 0.3) is 0 Å². The SMILES string of the molecule is CNC(=O)C(C)N(Cc1ccc(Cl)cc1)C(=O)Cc1ccc(F)cc1. The van der Waals surface area contributed by atoms with Gasteiger partial charge >= 0.3 is 0 Å². The fourth-order valence-electron chi connectivity index (χ4n) is 2.46. The maximum absolute atomic E-state index is 13.0. The Kier molecular flexibility index (Phi) is 6.53. The minimum absolute atomic E-state index is 0.0925. The zero-order chi connectivity index (χ0) is 18.4. The number of amides is 2. The first-order chi connectivity index (χ1) is 11.9. The van der Waals surface area contributed by atoms with Crippen LogP contribution in [-0.2, 0) is 22.6 Å². The Hall–Kier alpha value is -2.40. The van der Waals surface area contributed by atoms with Crippen LogP contribution in [0.3, 0.4) is 0 Å². The summed E-state index contributed by atoms with van der Waals surface area (Å²) in [6.07, 6.45) is 0.0925. The van der Waals surface area contributed by atoms with E-state index >= 15 is 0 Å². The molecule has 0 saturated heterocycles. The van der Waals surface area contributed by atoms with Crippen molar-refractivity contribution in [1.29, 1.82) is 0 Å². The van der Waals surface area contributed by atoms with Gasteiger partial charge in [0.2, 0.25) is 11.8 Å². The standard InChI is InChI=1S/C19H20ClFN2O2/c1-13(19(25)22-2)23(12-15-3-7-16(20)8-4-15)18(24)11-14-5-9-17(21)10-6-14/h3-10,13H,11-12H2,1-2H3,(H,22,25). The highest BCUT2D eigenvalue weighted by Crippen LogP contribution is 2.15. The largest absolute Gasteiger partial charge is 0.357 e. The lowest BCUT2D eigenvalue weighted by molar-refractivity contribution is -0.139. The first-order valence-corrected chi connectivity index (χ1v) is 8.28. The van der Waals surface area contributed by atoms with Crippen molar-refractivity contribution < 1.29 is 14.0 Å². The molecule has 0 radical (unpaired) electrons. The molecule has 1 unspecified atom stereocenters. The van der Waals surface area contributed by atoms with Gasteiger partial charge in [-0.3, -0.25) is 9.59 Å². The number of nitrogens with zero attached hydrogens (tertiary/aromatic N) is 1. The van der Waals surface area contributed by atoms with Gasteiger partial charge in [-0.2, -0.15) is 0 Å². The van der Waals surface area contributed by atoms with Gasteiger partial charge in [-0.25, -0.2) is 4.39 Å². The van der Waals surface area contributed by atoms with Crippen LogP contribution in [0.5, 0.6) is 0 Å². The molecule has 6 heteroatoms. The molecule has 2 aromatic carbocycles. The number of carbonyl (C=O) groups is 2. The summed E-state index contributed by atoms with van der Waals surface area (Å²) in [7, 11) is 1.53. The van der Waals surface area contributed by atoms with E-state index in [-0.39, 0.29) is 30.6 Å². The zero-order valence-corrected chi connectivity index (χ0v) is 14.9. The molecule has 0 aromatic heterocycles. The molecular weight excluding hydrogens is 343 g/mol. The van der Waals surface area contributed by atoms with Crippen LogP contribution in [0.2, 0.25) is 5.02 Å².